The molecule has 98 valence electrons. The van der Waals surface area contributed by atoms with Crippen LogP contribution in [0.1, 0.15) is 58.3 Å². The molecule has 0 aromatic heterocycles. The van der Waals surface area contributed by atoms with Crippen molar-refractivity contribution < 1.29 is 4.79 Å². The number of hydrogen-bond donors (Lipinski definition) is 1. The van der Waals surface area contributed by atoms with Gasteiger partial charge in [0.15, 0.2) is 0 Å². The van der Waals surface area contributed by atoms with Crippen molar-refractivity contribution in [3.05, 3.63) is 0 Å². The summed E-state index contributed by atoms with van der Waals surface area (Å²) in [6.07, 6.45) is 10.8. The Morgan fingerprint density at radius 1 is 1.29 bits per heavy atom. The topological polar surface area (TPSA) is 32.3 Å². The minimum absolute atomic E-state index is 0.301. The molecule has 1 unspecified atom stereocenters. The fraction of sp³-hybridized carbons (Fsp3) is 0.929. The number of carbonyl (C=O) groups excluding carboxylic acids is 1. The van der Waals surface area contributed by atoms with Gasteiger partial charge in [-0.05, 0) is 25.2 Å². The summed E-state index contributed by atoms with van der Waals surface area (Å²) in [6, 6.07) is 0. The molecule has 1 N–H and O–H groups in total. The highest BCUT2D eigenvalue weighted by atomic mass is 16.2. The van der Waals surface area contributed by atoms with Crippen molar-refractivity contribution in [2.75, 3.05) is 13.1 Å². The van der Waals surface area contributed by atoms with Crippen molar-refractivity contribution in [2.45, 2.75) is 64.5 Å². The number of amides is 1. The molecule has 1 aliphatic carbocycles. The molecule has 1 amide bonds. The molecule has 1 atom stereocenters. The molecule has 1 aliphatic heterocycles. The lowest BCUT2D eigenvalue weighted by atomic mass is 10.0. The van der Waals surface area contributed by atoms with Gasteiger partial charge in [-0.1, -0.05) is 39.0 Å². The largest absolute Gasteiger partial charge is 0.326 e. The van der Waals surface area contributed by atoms with E-state index in [1.165, 1.54) is 38.5 Å². The first-order valence-corrected chi connectivity index (χ1v) is 7.34. The number of nitrogens with one attached hydrogen (secondary N) is 1. The van der Waals surface area contributed by atoms with Gasteiger partial charge in [-0.2, -0.15) is 0 Å². The molecule has 1 saturated heterocycles. The van der Waals surface area contributed by atoms with Gasteiger partial charge in [0.2, 0.25) is 5.91 Å². The monoisotopic (exact) mass is 238 g/mol. The average Bonchev–Trinajstić information content (AvgIpc) is 2.93. The summed E-state index contributed by atoms with van der Waals surface area (Å²) in [5, 5.41) is 3.31. The molecule has 1 saturated carbocycles. The molecular formula is C14H26N2O. The van der Waals surface area contributed by atoms with Gasteiger partial charge in [0.05, 0.1) is 12.7 Å². The first-order chi connectivity index (χ1) is 8.31. The van der Waals surface area contributed by atoms with E-state index in [-0.39, 0.29) is 0 Å². The standard InChI is InChI=1S/C14H26N2O/c1-2-6-13-15-11-14(17)16(13)10-5-9-12-7-3-4-8-12/h12-13,15H,2-11H2,1H3. The van der Waals surface area contributed by atoms with Gasteiger partial charge in [0.1, 0.15) is 0 Å². The van der Waals surface area contributed by atoms with Crippen LogP contribution < -0.4 is 5.32 Å². The first-order valence-electron chi connectivity index (χ1n) is 7.34. The molecule has 0 spiro atoms. The maximum absolute atomic E-state index is 11.8. The first kappa shape index (κ1) is 12.9. The third kappa shape index (κ3) is 3.44. The molecule has 0 bridgehead atoms. The van der Waals surface area contributed by atoms with Crippen LogP contribution in [0.2, 0.25) is 0 Å². The lowest BCUT2D eigenvalue weighted by Gasteiger charge is -2.24. The van der Waals surface area contributed by atoms with Crippen molar-refractivity contribution in [1.29, 1.82) is 0 Å². The van der Waals surface area contributed by atoms with Crippen LogP contribution in [0.25, 0.3) is 0 Å². The summed E-state index contributed by atoms with van der Waals surface area (Å²) in [5.74, 6) is 1.25. The SMILES string of the molecule is CCCC1NCC(=O)N1CCCC1CCCC1. The zero-order chi connectivity index (χ0) is 12.1. The highest BCUT2D eigenvalue weighted by Crippen LogP contribution is 2.28. The normalized spacial score (nSPS) is 26.1. The van der Waals surface area contributed by atoms with Gasteiger partial charge < -0.3 is 4.90 Å². The number of rotatable bonds is 6. The third-order valence-electron chi connectivity index (χ3n) is 4.23. The molecule has 1 heterocycles. The molecular weight excluding hydrogens is 212 g/mol. The number of nitrogens with zero attached hydrogens (tertiary/aromatic N) is 1. The maximum atomic E-state index is 11.8. The lowest BCUT2D eigenvalue weighted by Crippen LogP contribution is -2.38. The van der Waals surface area contributed by atoms with E-state index >= 15 is 0 Å². The van der Waals surface area contributed by atoms with Crippen molar-refractivity contribution in [1.82, 2.24) is 10.2 Å². The van der Waals surface area contributed by atoms with E-state index in [4.69, 9.17) is 0 Å². The molecule has 17 heavy (non-hydrogen) atoms. The van der Waals surface area contributed by atoms with Crippen LogP contribution in [0.5, 0.6) is 0 Å². The van der Waals surface area contributed by atoms with Crippen LogP contribution in [0.3, 0.4) is 0 Å². The second-order valence-corrected chi connectivity index (χ2v) is 5.57. The van der Waals surface area contributed by atoms with Gasteiger partial charge >= 0.3 is 0 Å². The quantitative estimate of drug-likeness (QED) is 0.771. The third-order valence-corrected chi connectivity index (χ3v) is 4.23. The highest BCUT2D eigenvalue weighted by Gasteiger charge is 2.29. The predicted octanol–water partition coefficient (Wildman–Crippen LogP) is 2.51. The average molecular weight is 238 g/mol. The summed E-state index contributed by atoms with van der Waals surface area (Å²) >= 11 is 0. The zero-order valence-corrected chi connectivity index (χ0v) is 11.1. The van der Waals surface area contributed by atoms with E-state index in [2.05, 4.69) is 17.1 Å². The Bertz CT molecular complexity index is 249. The van der Waals surface area contributed by atoms with E-state index in [1.54, 1.807) is 0 Å². The molecule has 2 rings (SSSR count). The van der Waals surface area contributed by atoms with Crippen LogP contribution in [-0.2, 0) is 4.79 Å². The number of hydrogen-bond acceptors (Lipinski definition) is 2. The fourth-order valence-corrected chi connectivity index (χ4v) is 3.25. The van der Waals surface area contributed by atoms with Crippen molar-refractivity contribution in [3.8, 4) is 0 Å². The maximum Gasteiger partial charge on any atom is 0.237 e. The van der Waals surface area contributed by atoms with E-state index in [0.29, 0.717) is 18.6 Å². The fourth-order valence-electron chi connectivity index (χ4n) is 3.25. The van der Waals surface area contributed by atoms with Gasteiger partial charge in [-0.15, -0.1) is 0 Å². The van der Waals surface area contributed by atoms with Crippen molar-refractivity contribution >= 4 is 5.91 Å². The second-order valence-electron chi connectivity index (χ2n) is 5.57. The van der Waals surface area contributed by atoms with Crippen LogP contribution in [0, 0.1) is 5.92 Å². The summed E-state index contributed by atoms with van der Waals surface area (Å²) in [5.41, 5.74) is 0. The summed E-state index contributed by atoms with van der Waals surface area (Å²) in [6.45, 7) is 3.70. The minimum atomic E-state index is 0.301. The Labute approximate surface area is 105 Å². The molecule has 3 nitrogen and oxygen atoms in total. The van der Waals surface area contributed by atoms with E-state index in [9.17, 15) is 4.79 Å². The second kappa shape index (κ2) is 6.39. The van der Waals surface area contributed by atoms with Gasteiger partial charge in [0.25, 0.3) is 0 Å². The van der Waals surface area contributed by atoms with E-state index < -0.39 is 0 Å². The summed E-state index contributed by atoms with van der Waals surface area (Å²) < 4.78 is 0. The molecule has 0 radical (unpaired) electrons. The lowest BCUT2D eigenvalue weighted by molar-refractivity contribution is -0.128. The molecule has 0 aromatic rings. The van der Waals surface area contributed by atoms with Crippen molar-refractivity contribution in [2.24, 2.45) is 5.92 Å². The number of carbonyl (C=O) groups is 1. The Hall–Kier alpha value is -0.570. The zero-order valence-electron chi connectivity index (χ0n) is 11.1. The Balaban J connectivity index is 1.70. The smallest absolute Gasteiger partial charge is 0.237 e. The van der Waals surface area contributed by atoms with Crippen LogP contribution >= 0.6 is 0 Å². The van der Waals surface area contributed by atoms with Crippen molar-refractivity contribution in [3.63, 3.8) is 0 Å². The van der Waals surface area contributed by atoms with Crippen LogP contribution in [0.4, 0.5) is 0 Å². The van der Waals surface area contributed by atoms with Gasteiger partial charge in [-0.3, -0.25) is 10.1 Å². The summed E-state index contributed by atoms with van der Waals surface area (Å²) in [4.78, 5) is 13.8. The molecule has 3 heteroatoms. The minimum Gasteiger partial charge on any atom is -0.326 e. The summed E-state index contributed by atoms with van der Waals surface area (Å²) in [7, 11) is 0. The van der Waals surface area contributed by atoms with E-state index in [1.807, 2.05) is 0 Å². The highest BCUT2D eigenvalue weighted by molar-refractivity contribution is 5.80. The Morgan fingerprint density at radius 3 is 2.76 bits per heavy atom. The van der Waals surface area contributed by atoms with Gasteiger partial charge in [-0.25, -0.2) is 0 Å². The Kier molecular flexibility index (Phi) is 4.84. The molecule has 0 aromatic carbocycles. The molecule has 2 aliphatic rings. The van der Waals surface area contributed by atoms with Crippen LogP contribution in [-0.4, -0.2) is 30.1 Å². The van der Waals surface area contributed by atoms with Crippen LogP contribution in [0.15, 0.2) is 0 Å². The Morgan fingerprint density at radius 2 is 2.06 bits per heavy atom. The predicted molar refractivity (Wildman–Crippen MR) is 69.6 cm³/mol. The van der Waals surface area contributed by atoms with Gasteiger partial charge in [0, 0.05) is 6.54 Å². The van der Waals surface area contributed by atoms with E-state index in [0.717, 1.165) is 25.3 Å². The molecule has 2 fully saturated rings.